The average Bonchev–Trinajstić information content (AvgIpc) is 3.43. The Labute approximate surface area is 156 Å². The van der Waals surface area contributed by atoms with Gasteiger partial charge in [0.05, 0.1) is 4.90 Å². The van der Waals surface area contributed by atoms with E-state index in [0.29, 0.717) is 11.6 Å². The van der Waals surface area contributed by atoms with E-state index in [1.165, 1.54) is 25.0 Å². The summed E-state index contributed by atoms with van der Waals surface area (Å²) in [4.78, 5) is 14.7. The zero-order valence-corrected chi connectivity index (χ0v) is 16.4. The molecule has 1 saturated carbocycles. The third-order valence-corrected chi connectivity index (χ3v) is 6.65. The van der Waals surface area contributed by atoms with Crippen molar-refractivity contribution in [3.8, 4) is 0 Å². The number of carbonyl (C=O) groups is 1. The second-order valence-corrected chi connectivity index (χ2v) is 9.43. The lowest BCUT2D eigenvalue weighted by molar-refractivity contribution is 0.0705. The van der Waals surface area contributed by atoms with Crippen molar-refractivity contribution in [3.05, 3.63) is 29.8 Å². The lowest BCUT2D eigenvalue weighted by atomic mass is 10.0. The Morgan fingerprint density at radius 1 is 1.12 bits per heavy atom. The van der Waals surface area contributed by atoms with E-state index in [4.69, 9.17) is 0 Å². The van der Waals surface area contributed by atoms with Gasteiger partial charge in [0.2, 0.25) is 10.0 Å². The summed E-state index contributed by atoms with van der Waals surface area (Å²) in [5.41, 5.74) is 0.540. The zero-order valence-electron chi connectivity index (χ0n) is 15.6. The topological polar surface area (TPSA) is 78.5 Å². The predicted molar refractivity (Wildman–Crippen MR) is 102 cm³/mol. The minimum Gasteiger partial charge on any atom is -0.339 e. The van der Waals surface area contributed by atoms with Crippen LogP contribution in [0.25, 0.3) is 0 Å². The van der Waals surface area contributed by atoms with E-state index in [0.717, 1.165) is 38.4 Å². The van der Waals surface area contributed by atoms with Gasteiger partial charge in [-0.25, -0.2) is 13.1 Å². The number of nitrogens with zero attached hydrogens (tertiary/aromatic N) is 1. The predicted octanol–water partition coefficient (Wildman–Crippen LogP) is 1.98. The Morgan fingerprint density at radius 2 is 1.73 bits per heavy atom. The summed E-state index contributed by atoms with van der Waals surface area (Å²) in [5, 5.41) is 3.61. The Kier molecular flexibility index (Phi) is 5.99. The number of piperidine rings is 1. The van der Waals surface area contributed by atoms with Gasteiger partial charge in [0.15, 0.2) is 0 Å². The summed E-state index contributed by atoms with van der Waals surface area (Å²) < 4.78 is 26.9. The smallest absolute Gasteiger partial charge is 0.253 e. The molecule has 1 amide bonds. The van der Waals surface area contributed by atoms with Gasteiger partial charge in [0.25, 0.3) is 5.91 Å². The van der Waals surface area contributed by atoms with E-state index in [9.17, 15) is 13.2 Å². The number of sulfonamides is 1. The normalized spacial score (nSPS) is 19.1. The molecule has 7 heteroatoms. The third-order valence-electron chi connectivity index (χ3n) is 4.98. The van der Waals surface area contributed by atoms with Crippen molar-refractivity contribution < 1.29 is 13.2 Å². The van der Waals surface area contributed by atoms with Crippen molar-refractivity contribution in [2.45, 2.75) is 56.5 Å². The first-order chi connectivity index (χ1) is 12.3. The molecule has 2 aliphatic rings. The van der Waals surface area contributed by atoms with E-state index in [1.807, 2.05) is 4.90 Å². The van der Waals surface area contributed by atoms with Crippen LogP contribution >= 0.6 is 0 Å². The fraction of sp³-hybridized carbons (Fsp3) is 0.632. The number of hydrogen-bond donors (Lipinski definition) is 2. The van der Waals surface area contributed by atoms with Crippen molar-refractivity contribution in [2.24, 2.45) is 5.92 Å². The highest BCUT2D eigenvalue weighted by molar-refractivity contribution is 7.89. The highest BCUT2D eigenvalue weighted by Gasteiger charge is 2.26. The van der Waals surface area contributed by atoms with Gasteiger partial charge < -0.3 is 10.2 Å². The number of nitrogens with one attached hydrogen (secondary N) is 2. The summed E-state index contributed by atoms with van der Waals surface area (Å²) in [6, 6.07) is 6.55. The lowest BCUT2D eigenvalue weighted by Gasteiger charge is -2.32. The summed E-state index contributed by atoms with van der Waals surface area (Å²) in [7, 11) is -3.53. The summed E-state index contributed by atoms with van der Waals surface area (Å²) in [6.07, 6.45) is 4.65. The highest BCUT2D eigenvalue weighted by atomic mass is 32.2. The van der Waals surface area contributed by atoms with Gasteiger partial charge in [-0.1, -0.05) is 0 Å². The number of benzene rings is 1. The van der Waals surface area contributed by atoms with Crippen molar-refractivity contribution in [2.75, 3.05) is 19.6 Å². The first-order valence-corrected chi connectivity index (χ1v) is 11.0. The van der Waals surface area contributed by atoms with Gasteiger partial charge in [-0.3, -0.25) is 4.79 Å². The van der Waals surface area contributed by atoms with E-state index in [2.05, 4.69) is 10.0 Å². The van der Waals surface area contributed by atoms with E-state index >= 15 is 0 Å². The van der Waals surface area contributed by atoms with Crippen LogP contribution in [0.1, 0.15) is 49.9 Å². The van der Waals surface area contributed by atoms with Gasteiger partial charge >= 0.3 is 0 Å². The molecule has 3 rings (SSSR count). The van der Waals surface area contributed by atoms with Crippen LogP contribution < -0.4 is 10.0 Å². The van der Waals surface area contributed by atoms with E-state index in [1.54, 1.807) is 26.0 Å². The molecule has 1 saturated heterocycles. The lowest BCUT2D eigenvalue weighted by Crippen LogP contribution is -2.45. The molecule has 0 aromatic heterocycles. The Morgan fingerprint density at radius 3 is 2.27 bits per heavy atom. The second kappa shape index (κ2) is 8.06. The minimum atomic E-state index is -3.53. The zero-order chi connectivity index (χ0) is 18.7. The molecule has 1 aromatic carbocycles. The Balaban J connectivity index is 1.55. The van der Waals surface area contributed by atoms with Crippen molar-refractivity contribution in [3.63, 3.8) is 0 Å². The molecule has 0 radical (unpaired) electrons. The van der Waals surface area contributed by atoms with Gasteiger partial charge in [-0.2, -0.15) is 0 Å². The molecule has 1 aromatic rings. The maximum absolute atomic E-state index is 12.7. The van der Waals surface area contributed by atoms with Gasteiger partial charge in [0.1, 0.15) is 0 Å². The molecule has 1 aliphatic carbocycles. The molecule has 6 nitrogen and oxygen atoms in total. The molecular weight excluding hydrogens is 350 g/mol. The maximum Gasteiger partial charge on any atom is 0.253 e. The van der Waals surface area contributed by atoms with Crippen LogP contribution in [0, 0.1) is 5.92 Å². The SMILES string of the molecule is CC(C)NS(=O)(=O)c1ccc(C(=O)N2CCC(NCC3CC3)CC2)cc1. The molecule has 0 atom stereocenters. The molecule has 26 heavy (non-hydrogen) atoms. The standard InChI is InChI=1S/C19H29N3O3S/c1-14(2)21-26(24,25)18-7-5-16(6-8-18)19(23)22-11-9-17(10-12-22)20-13-15-3-4-15/h5-8,14-15,17,20-21H,3-4,9-13H2,1-2H3. The van der Waals surface area contributed by atoms with Crippen LogP contribution in [0.5, 0.6) is 0 Å². The van der Waals surface area contributed by atoms with Gasteiger partial charge in [0, 0.05) is 30.7 Å². The Bertz CT molecular complexity index is 719. The van der Waals surface area contributed by atoms with E-state index in [-0.39, 0.29) is 16.8 Å². The van der Waals surface area contributed by atoms with Crippen LogP contribution in [0.15, 0.2) is 29.2 Å². The van der Waals surface area contributed by atoms with Crippen LogP contribution in [-0.2, 0) is 10.0 Å². The molecule has 0 bridgehead atoms. The van der Waals surface area contributed by atoms with Crippen molar-refractivity contribution in [1.82, 2.24) is 14.9 Å². The largest absolute Gasteiger partial charge is 0.339 e. The fourth-order valence-corrected chi connectivity index (χ4v) is 4.53. The number of rotatable bonds is 7. The summed E-state index contributed by atoms with van der Waals surface area (Å²) in [5.74, 6) is 0.848. The van der Waals surface area contributed by atoms with Crippen LogP contribution in [0.2, 0.25) is 0 Å². The molecular formula is C19H29N3O3S. The number of hydrogen-bond acceptors (Lipinski definition) is 4. The quantitative estimate of drug-likeness (QED) is 0.759. The second-order valence-electron chi connectivity index (χ2n) is 7.72. The van der Waals surface area contributed by atoms with Crippen LogP contribution in [0.4, 0.5) is 0 Å². The summed E-state index contributed by atoms with van der Waals surface area (Å²) in [6.45, 7) is 6.16. The van der Waals surface area contributed by atoms with Gasteiger partial charge in [-0.15, -0.1) is 0 Å². The number of likely N-dealkylation sites (tertiary alicyclic amines) is 1. The monoisotopic (exact) mass is 379 g/mol. The molecule has 1 aliphatic heterocycles. The van der Waals surface area contributed by atoms with Crippen LogP contribution in [0.3, 0.4) is 0 Å². The van der Waals surface area contributed by atoms with E-state index < -0.39 is 10.0 Å². The first kappa shape index (κ1) is 19.3. The maximum atomic E-state index is 12.7. The highest BCUT2D eigenvalue weighted by Crippen LogP contribution is 2.28. The summed E-state index contributed by atoms with van der Waals surface area (Å²) >= 11 is 0. The minimum absolute atomic E-state index is 0.0218. The molecule has 0 spiro atoms. The fourth-order valence-electron chi connectivity index (χ4n) is 3.28. The molecule has 144 valence electrons. The van der Waals surface area contributed by atoms with Crippen LogP contribution in [-0.4, -0.2) is 50.9 Å². The van der Waals surface area contributed by atoms with Crippen molar-refractivity contribution >= 4 is 15.9 Å². The Hall–Kier alpha value is -1.44. The number of amides is 1. The molecule has 0 unspecified atom stereocenters. The van der Waals surface area contributed by atoms with Gasteiger partial charge in [-0.05, 0) is 76.3 Å². The number of carbonyl (C=O) groups excluding carboxylic acids is 1. The first-order valence-electron chi connectivity index (χ1n) is 9.50. The van der Waals surface area contributed by atoms with Crippen molar-refractivity contribution in [1.29, 1.82) is 0 Å². The molecule has 2 N–H and O–H groups in total. The molecule has 2 fully saturated rings. The average molecular weight is 380 g/mol. The molecule has 1 heterocycles. The third kappa shape index (κ3) is 5.05.